The van der Waals surface area contributed by atoms with Crippen LogP contribution in [0.5, 0.6) is 5.75 Å². The van der Waals surface area contributed by atoms with Gasteiger partial charge in [-0.2, -0.15) is 0 Å². The number of ether oxygens (including phenoxy) is 2. The lowest BCUT2D eigenvalue weighted by atomic mass is 9.99. The lowest BCUT2D eigenvalue weighted by molar-refractivity contribution is 0.402. The molecular formula is C16H16O3. The summed E-state index contributed by atoms with van der Waals surface area (Å²) in [4.78, 5) is 0. The van der Waals surface area contributed by atoms with Crippen molar-refractivity contribution in [3.05, 3.63) is 41.5 Å². The molecule has 2 fully saturated rings. The molecule has 2 aliphatic rings. The maximum absolute atomic E-state index is 10.4. The van der Waals surface area contributed by atoms with Crippen LogP contribution in [0.3, 0.4) is 0 Å². The standard InChI is InChI=1S/C16H16O3/c17-16-12(7-14-9-19-14)4-3-11-2-1-10(6-15(11)16)5-13-8-18-13/h1-4,6,13-14,17H,5,7-9H2. The number of phenolic OH excluding ortho intramolecular Hbond substituents is 1. The van der Waals surface area contributed by atoms with Gasteiger partial charge < -0.3 is 14.6 Å². The average Bonchev–Trinajstić information content (AvgIpc) is 3.29. The van der Waals surface area contributed by atoms with Crippen LogP contribution in [0.15, 0.2) is 30.3 Å². The van der Waals surface area contributed by atoms with Crippen LogP contribution in [0.1, 0.15) is 11.1 Å². The third kappa shape index (κ3) is 2.31. The molecule has 0 spiro atoms. The Hall–Kier alpha value is -1.58. The predicted molar refractivity (Wildman–Crippen MR) is 72.5 cm³/mol. The van der Waals surface area contributed by atoms with E-state index in [4.69, 9.17) is 9.47 Å². The molecule has 2 aliphatic heterocycles. The first-order valence-corrected chi connectivity index (χ1v) is 6.76. The molecule has 0 aliphatic carbocycles. The second kappa shape index (κ2) is 4.22. The normalized spacial score (nSPS) is 24.6. The second-order valence-corrected chi connectivity index (χ2v) is 5.45. The molecule has 1 N–H and O–H groups in total. The molecule has 2 aromatic rings. The lowest BCUT2D eigenvalue weighted by Gasteiger charge is -2.08. The minimum absolute atomic E-state index is 0.298. The molecule has 2 heterocycles. The van der Waals surface area contributed by atoms with Gasteiger partial charge in [-0.25, -0.2) is 0 Å². The minimum atomic E-state index is 0.298. The molecule has 0 radical (unpaired) electrons. The van der Waals surface area contributed by atoms with Gasteiger partial charge in [-0.05, 0) is 22.6 Å². The van der Waals surface area contributed by atoms with Crippen molar-refractivity contribution >= 4 is 10.8 Å². The molecule has 2 aromatic carbocycles. The maximum atomic E-state index is 10.4. The van der Waals surface area contributed by atoms with Crippen molar-refractivity contribution in [3.63, 3.8) is 0 Å². The molecule has 3 nitrogen and oxygen atoms in total. The number of hydrogen-bond acceptors (Lipinski definition) is 3. The molecule has 0 saturated carbocycles. The molecule has 19 heavy (non-hydrogen) atoms. The van der Waals surface area contributed by atoms with Gasteiger partial charge in [0.05, 0.1) is 25.4 Å². The van der Waals surface area contributed by atoms with E-state index < -0.39 is 0 Å². The van der Waals surface area contributed by atoms with Crippen molar-refractivity contribution in [2.75, 3.05) is 13.2 Å². The first-order valence-electron chi connectivity index (χ1n) is 6.76. The SMILES string of the molecule is Oc1c(CC2CO2)ccc2ccc(CC3CO3)cc12. The van der Waals surface area contributed by atoms with Crippen molar-refractivity contribution in [2.45, 2.75) is 25.0 Å². The number of benzene rings is 2. The Morgan fingerprint density at radius 2 is 1.68 bits per heavy atom. The summed E-state index contributed by atoms with van der Waals surface area (Å²) >= 11 is 0. The number of hydrogen-bond donors (Lipinski definition) is 1. The fraction of sp³-hybridized carbons (Fsp3) is 0.375. The quantitative estimate of drug-likeness (QED) is 0.854. The molecule has 2 saturated heterocycles. The zero-order valence-corrected chi connectivity index (χ0v) is 10.6. The molecule has 2 unspecified atom stereocenters. The van der Waals surface area contributed by atoms with E-state index in [1.165, 1.54) is 5.56 Å². The summed E-state index contributed by atoms with van der Waals surface area (Å²) in [6, 6.07) is 10.4. The van der Waals surface area contributed by atoms with Gasteiger partial charge in [-0.1, -0.05) is 24.3 Å². The van der Waals surface area contributed by atoms with Crippen LogP contribution in [0.2, 0.25) is 0 Å². The highest BCUT2D eigenvalue weighted by atomic mass is 16.6. The zero-order chi connectivity index (χ0) is 12.8. The molecule has 0 bridgehead atoms. The molecule has 0 amide bonds. The Labute approximate surface area is 111 Å². The molecule has 0 aromatic heterocycles. The van der Waals surface area contributed by atoms with Crippen molar-refractivity contribution in [3.8, 4) is 5.75 Å². The van der Waals surface area contributed by atoms with Crippen LogP contribution in [0.25, 0.3) is 10.8 Å². The molecule has 4 rings (SSSR count). The Morgan fingerprint density at radius 3 is 2.42 bits per heavy atom. The second-order valence-electron chi connectivity index (χ2n) is 5.45. The fourth-order valence-electron chi connectivity index (χ4n) is 2.57. The van der Waals surface area contributed by atoms with Crippen molar-refractivity contribution in [1.82, 2.24) is 0 Å². The van der Waals surface area contributed by atoms with E-state index in [9.17, 15) is 5.11 Å². The van der Waals surface area contributed by atoms with Crippen molar-refractivity contribution in [2.24, 2.45) is 0 Å². The van der Waals surface area contributed by atoms with Crippen LogP contribution in [0, 0.1) is 0 Å². The van der Waals surface area contributed by atoms with Gasteiger partial charge in [-0.3, -0.25) is 0 Å². The summed E-state index contributed by atoms with van der Waals surface area (Å²) in [5, 5.41) is 12.4. The van der Waals surface area contributed by atoms with E-state index in [2.05, 4.69) is 24.3 Å². The van der Waals surface area contributed by atoms with Crippen molar-refractivity contribution in [1.29, 1.82) is 0 Å². The van der Waals surface area contributed by atoms with Gasteiger partial charge in [0.25, 0.3) is 0 Å². The van der Waals surface area contributed by atoms with E-state index in [0.29, 0.717) is 18.0 Å². The Kier molecular flexibility index (Phi) is 2.50. The highest BCUT2D eigenvalue weighted by Gasteiger charge is 2.25. The summed E-state index contributed by atoms with van der Waals surface area (Å²) in [6.45, 7) is 1.68. The number of rotatable bonds is 4. The van der Waals surface area contributed by atoms with Gasteiger partial charge in [-0.15, -0.1) is 0 Å². The Balaban J connectivity index is 1.73. The first kappa shape index (κ1) is 11.3. The minimum Gasteiger partial charge on any atom is -0.507 e. The van der Waals surface area contributed by atoms with Crippen LogP contribution in [-0.2, 0) is 22.3 Å². The van der Waals surface area contributed by atoms with E-state index in [0.717, 1.165) is 42.4 Å². The molecule has 3 heteroatoms. The van der Waals surface area contributed by atoms with Gasteiger partial charge in [0, 0.05) is 18.2 Å². The van der Waals surface area contributed by atoms with Crippen LogP contribution < -0.4 is 0 Å². The van der Waals surface area contributed by atoms with Crippen molar-refractivity contribution < 1.29 is 14.6 Å². The predicted octanol–water partition coefficient (Wildman–Crippen LogP) is 2.43. The van der Waals surface area contributed by atoms with Crippen LogP contribution >= 0.6 is 0 Å². The summed E-state index contributed by atoms with van der Waals surface area (Å²) in [6.07, 6.45) is 2.41. The fourth-order valence-corrected chi connectivity index (χ4v) is 2.57. The largest absolute Gasteiger partial charge is 0.507 e. The number of phenols is 1. The zero-order valence-electron chi connectivity index (χ0n) is 10.6. The molecular weight excluding hydrogens is 240 g/mol. The Morgan fingerprint density at radius 1 is 1.00 bits per heavy atom. The van der Waals surface area contributed by atoms with E-state index in [1.807, 2.05) is 6.07 Å². The summed E-state index contributed by atoms with van der Waals surface area (Å²) < 4.78 is 10.5. The van der Waals surface area contributed by atoms with Crippen LogP contribution in [0.4, 0.5) is 0 Å². The van der Waals surface area contributed by atoms with E-state index in [-0.39, 0.29) is 0 Å². The number of aromatic hydroxyl groups is 1. The molecule has 2 atom stereocenters. The van der Waals surface area contributed by atoms with Gasteiger partial charge in [0.1, 0.15) is 5.75 Å². The maximum Gasteiger partial charge on any atom is 0.126 e. The van der Waals surface area contributed by atoms with Crippen LogP contribution in [-0.4, -0.2) is 30.5 Å². The van der Waals surface area contributed by atoms with Gasteiger partial charge in [0.15, 0.2) is 0 Å². The Bertz CT molecular complexity index is 622. The molecule has 98 valence electrons. The van der Waals surface area contributed by atoms with Gasteiger partial charge in [0.2, 0.25) is 0 Å². The number of fused-ring (bicyclic) bond motifs is 1. The highest BCUT2D eigenvalue weighted by Crippen LogP contribution is 2.32. The number of epoxide rings is 2. The smallest absolute Gasteiger partial charge is 0.126 e. The summed E-state index contributed by atoms with van der Waals surface area (Å²) in [5.74, 6) is 0.409. The lowest BCUT2D eigenvalue weighted by Crippen LogP contribution is -1.95. The van der Waals surface area contributed by atoms with Gasteiger partial charge >= 0.3 is 0 Å². The summed E-state index contributed by atoms with van der Waals surface area (Å²) in [5.41, 5.74) is 2.21. The third-order valence-electron chi connectivity index (χ3n) is 3.86. The average molecular weight is 256 g/mol. The topological polar surface area (TPSA) is 45.3 Å². The monoisotopic (exact) mass is 256 g/mol. The third-order valence-corrected chi connectivity index (χ3v) is 3.86. The highest BCUT2D eigenvalue weighted by molar-refractivity contribution is 5.90. The first-order chi connectivity index (χ1) is 9.29. The summed E-state index contributed by atoms with van der Waals surface area (Å²) in [7, 11) is 0. The van der Waals surface area contributed by atoms with E-state index >= 15 is 0 Å². The van der Waals surface area contributed by atoms with E-state index in [1.54, 1.807) is 0 Å².